The number of alkyl halides is 1. The molecule has 0 radical (unpaired) electrons. The Morgan fingerprint density at radius 3 is 1.81 bits per heavy atom. The standard InChI is InChI=1S/C28H27FO2P/c1-30-24-17-15-23(16-18-24)22-32(26-10-4-2-5-11-26,27-12-6-3-7-13-27)28-14-8-9-25(21-28)31-20-19-29/h2-18,21H,19-20,22H2,1H3/q+1/i29-1. The van der Waals surface area contributed by atoms with E-state index in [0.717, 1.165) is 11.9 Å². The lowest BCUT2D eigenvalue weighted by molar-refractivity contribution is 0.273. The maximum atomic E-state index is 12.8. The van der Waals surface area contributed by atoms with Crippen molar-refractivity contribution >= 4 is 23.2 Å². The van der Waals surface area contributed by atoms with Gasteiger partial charge in [-0.3, -0.25) is 0 Å². The minimum Gasteiger partial charge on any atom is -0.497 e. The van der Waals surface area contributed by atoms with Crippen molar-refractivity contribution in [3.63, 3.8) is 0 Å². The van der Waals surface area contributed by atoms with Crippen molar-refractivity contribution in [3.05, 3.63) is 115 Å². The van der Waals surface area contributed by atoms with Crippen LogP contribution in [0.1, 0.15) is 5.56 Å². The third-order valence-corrected chi connectivity index (χ3v) is 9.94. The Labute approximate surface area is 190 Å². The molecule has 2 nitrogen and oxygen atoms in total. The number of rotatable bonds is 9. The molecule has 0 heterocycles. The van der Waals surface area contributed by atoms with E-state index in [1.165, 1.54) is 21.5 Å². The van der Waals surface area contributed by atoms with Crippen LogP contribution in [-0.2, 0) is 6.16 Å². The van der Waals surface area contributed by atoms with Gasteiger partial charge >= 0.3 is 0 Å². The summed E-state index contributed by atoms with van der Waals surface area (Å²) in [6, 6.07) is 37.9. The zero-order valence-corrected chi connectivity index (χ0v) is 19.0. The first-order valence-corrected chi connectivity index (χ1v) is 12.7. The first-order valence-electron chi connectivity index (χ1n) is 10.7. The van der Waals surface area contributed by atoms with E-state index in [4.69, 9.17) is 9.47 Å². The van der Waals surface area contributed by atoms with Crippen LogP contribution in [0.4, 0.5) is 4.39 Å². The Hall–Kier alpha value is -3.16. The summed E-state index contributed by atoms with van der Waals surface area (Å²) >= 11 is 0. The first kappa shape index (κ1) is 22.0. The summed E-state index contributed by atoms with van der Waals surface area (Å²) in [4.78, 5) is 0. The van der Waals surface area contributed by atoms with Crippen LogP contribution in [0.5, 0.6) is 11.5 Å². The van der Waals surface area contributed by atoms with Crippen LogP contribution >= 0.6 is 7.26 Å². The van der Waals surface area contributed by atoms with Gasteiger partial charge in [0, 0.05) is 6.07 Å². The smallest absolute Gasteiger partial charge is 0.123 e. The molecule has 162 valence electrons. The van der Waals surface area contributed by atoms with Crippen LogP contribution in [-0.4, -0.2) is 20.4 Å². The van der Waals surface area contributed by atoms with E-state index in [1.54, 1.807) is 7.11 Å². The Balaban J connectivity index is 1.93. The maximum absolute atomic E-state index is 12.8. The van der Waals surface area contributed by atoms with E-state index in [2.05, 4.69) is 84.9 Å². The van der Waals surface area contributed by atoms with E-state index in [0.29, 0.717) is 5.75 Å². The normalized spacial score (nSPS) is 11.2. The Morgan fingerprint density at radius 2 is 1.25 bits per heavy atom. The van der Waals surface area contributed by atoms with E-state index >= 15 is 0 Å². The molecule has 0 aliphatic heterocycles. The van der Waals surface area contributed by atoms with Crippen molar-refractivity contribution in [1.29, 1.82) is 0 Å². The van der Waals surface area contributed by atoms with Gasteiger partial charge in [0.1, 0.15) is 48.0 Å². The van der Waals surface area contributed by atoms with Gasteiger partial charge in [-0.1, -0.05) is 54.6 Å². The van der Waals surface area contributed by atoms with Gasteiger partial charge in [-0.05, 0) is 54.1 Å². The average molecular weight is 444 g/mol. The molecule has 0 spiro atoms. The zero-order valence-electron chi connectivity index (χ0n) is 18.2. The third-order valence-electron chi connectivity index (χ3n) is 5.58. The molecule has 0 saturated heterocycles. The van der Waals surface area contributed by atoms with Gasteiger partial charge < -0.3 is 9.47 Å². The van der Waals surface area contributed by atoms with Gasteiger partial charge in [-0.25, -0.2) is 4.39 Å². The molecule has 0 N–H and O–H groups in total. The molecule has 0 bridgehead atoms. The van der Waals surface area contributed by atoms with Crippen molar-refractivity contribution in [3.8, 4) is 11.5 Å². The minimum absolute atomic E-state index is 0.0596. The summed E-state index contributed by atoms with van der Waals surface area (Å²) in [6.07, 6.45) is 0.859. The quantitative estimate of drug-likeness (QED) is 0.316. The molecule has 0 aliphatic rings. The highest BCUT2D eigenvalue weighted by Crippen LogP contribution is 2.58. The number of hydrogen-bond acceptors (Lipinski definition) is 2. The molecule has 0 unspecified atom stereocenters. The van der Waals surface area contributed by atoms with Crippen molar-refractivity contribution in [2.24, 2.45) is 0 Å². The van der Waals surface area contributed by atoms with Crippen LogP contribution in [0.2, 0.25) is 0 Å². The molecule has 4 aromatic rings. The SMILES string of the molecule is COc1ccc(C[P+](c2ccccc2)(c2ccccc2)c2cccc(OCC[18F])c2)cc1. The van der Waals surface area contributed by atoms with Gasteiger partial charge in [0.05, 0.1) is 13.3 Å². The van der Waals surface area contributed by atoms with E-state index in [9.17, 15) is 4.39 Å². The number of benzene rings is 4. The second kappa shape index (κ2) is 10.4. The molecule has 0 amide bonds. The lowest BCUT2D eigenvalue weighted by Crippen LogP contribution is -2.32. The molecule has 32 heavy (non-hydrogen) atoms. The molecular weight excluding hydrogens is 417 g/mol. The van der Waals surface area contributed by atoms with E-state index in [1.807, 2.05) is 24.3 Å². The van der Waals surface area contributed by atoms with Crippen molar-refractivity contribution in [2.75, 3.05) is 20.4 Å². The number of halogens is 1. The van der Waals surface area contributed by atoms with E-state index in [-0.39, 0.29) is 6.61 Å². The van der Waals surface area contributed by atoms with Gasteiger partial charge in [0.25, 0.3) is 0 Å². The minimum atomic E-state index is -2.07. The van der Waals surface area contributed by atoms with E-state index < -0.39 is 13.9 Å². The molecule has 4 heteroatoms. The molecule has 4 rings (SSSR count). The van der Waals surface area contributed by atoms with Crippen LogP contribution in [0.25, 0.3) is 0 Å². The summed E-state index contributed by atoms with van der Waals surface area (Å²) in [6.45, 7) is -0.447. The summed E-state index contributed by atoms with van der Waals surface area (Å²) in [7, 11) is -0.389. The Morgan fingerprint density at radius 1 is 0.656 bits per heavy atom. The fourth-order valence-electron chi connectivity index (χ4n) is 4.06. The summed E-state index contributed by atoms with van der Waals surface area (Å²) in [5, 5.41) is 3.80. The van der Waals surface area contributed by atoms with Gasteiger partial charge in [-0.2, -0.15) is 0 Å². The number of hydrogen-bond donors (Lipinski definition) is 0. The lowest BCUT2D eigenvalue weighted by atomic mass is 10.2. The number of methoxy groups -OCH3 is 1. The molecule has 0 aliphatic carbocycles. The predicted molar refractivity (Wildman–Crippen MR) is 133 cm³/mol. The lowest BCUT2D eigenvalue weighted by Gasteiger charge is -2.28. The van der Waals surface area contributed by atoms with Crippen LogP contribution in [0.15, 0.2) is 109 Å². The van der Waals surface area contributed by atoms with Gasteiger partial charge in [0.2, 0.25) is 0 Å². The highest BCUT2D eigenvalue weighted by molar-refractivity contribution is 7.95. The van der Waals surface area contributed by atoms with Crippen LogP contribution in [0, 0.1) is 0 Å². The Kier molecular flexibility index (Phi) is 7.19. The van der Waals surface area contributed by atoms with Gasteiger partial charge in [0.15, 0.2) is 0 Å². The molecule has 0 fully saturated rings. The average Bonchev–Trinajstić information content (AvgIpc) is 2.87. The molecular formula is C28H27FO2P+. The Bertz CT molecular complexity index is 1080. The fraction of sp³-hybridized carbons (Fsp3) is 0.143. The first-order chi connectivity index (χ1) is 15.8. The largest absolute Gasteiger partial charge is 0.497 e. The zero-order chi connectivity index (χ0) is 22.2. The predicted octanol–water partition coefficient (Wildman–Crippen LogP) is 5.54. The second-order valence-electron chi connectivity index (χ2n) is 7.52. The molecule has 0 saturated carbocycles. The third kappa shape index (κ3) is 4.69. The van der Waals surface area contributed by atoms with Crippen LogP contribution in [0.3, 0.4) is 0 Å². The summed E-state index contributed by atoms with van der Waals surface area (Å²) < 4.78 is 23.8. The molecule has 0 atom stereocenters. The summed E-state index contributed by atoms with van der Waals surface area (Å²) in [5.41, 5.74) is 1.24. The maximum Gasteiger partial charge on any atom is 0.123 e. The topological polar surface area (TPSA) is 18.5 Å². The highest BCUT2D eigenvalue weighted by atomic mass is 31.2. The monoisotopic (exact) mass is 444 g/mol. The fourth-order valence-corrected chi connectivity index (χ4v) is 8.31. The molecule has 0 aromatic heterocycles. The van der Waals surface area contributed by atoms with Crippen molar-refractivity contribution in [2.45, 2.75) is 6.16 Å². The highest BCUT2D eigenvalue weighted by Gasteiger charge is 2.45. The number of ether oxygens (including phenoxy) is 2. The van der Waals surface area contributed by atoms with Crippen molar-refractivity contribution in [1.82, 2.24) is 0 Å². The van der Waals surface area contributed by atoms with Crippen LogP contribution < -0.4 is 25.4 Å². The second-order valence-corrected chi connectivity index (χ2v) is 11.0. The van der Waals surface area contributed by atoms with Gasteiger partial charge in [-0.15, -0.1) is 0 Å². The van der Waals surface area contributed by atoms with Crippen molar-refractivity contribution < 1.29 is 13.9 Å². The summed E-state index contributed by atoms with van der Waals surface area (Å²) in [5.74, 6) is 1.55. The molecule has 4 aromatic carbocycles.